The highest BCUT2D eigenvalue weighted by Gasteiger charge is 2.18. The number of carbonyl (C=O) groups is 1. The van der Waals surface area contributed by atoms with Crippen LogP contribution in [0, 0.1) is 6.92 Å². The van der Waals surface area contributed by atoms with Gasteiger partial charge in [-0.3, -0.25) is 4.79 Å². The Balaban J connectivity index is 2.10. The molecule has 0 spiro atoms. The number of aliphatic hydroxyl groups excluding tert-OH is 1. The van der Waals surface area contributed by atoms with Crippen molar-refractivity contribution in [3.05, 3.63) is 23.4 Å². The Morgan fingerprint density at radius 3 is 2.63 bits per heavy atom. The van der Waals surface area contributed by atoms with Crippen LogP contribution in [0.5, 0.6) is 0 Å². The van der Waals surface area contributed by atoms with Gasteiger partial charge in [-0.25, -0.2) is 4.98 Å². The molecule has 0 unspecified atom stereocenters. The van der Waals surface area contributed by atoms with Gasteiger partial charge in [0.1, 0.15) is 5.82 Å². The summed E-state index contributed by atoms with van der Waals surface area (Å²) in [6.07, 6.45) is 2.93. The van der Waals surface area contributed by atoms with Crippen LogP contribution in [0.3, 0.4) is 0 Å². The van der Waals surface area contributed by atoms with Crippen molar-refractivity contribution in [1.29, 1.82) is 0 Å². The molecule has 1 aliphatic rings. The molecule has 0 saturated carbocycles. The van der Waals surface area contributed by atoms with Crippen molar-refractivity contribution in [2.45, 2.75) is 26.4 Å². The Bertz CT molecular complexity index is 442. The van der Waals surface area contributed by atoms with Gasteiger partial charge in [0.25, 0.3) is 0 Å². The third-order valence-corrected chi connectivity index (χ3v) is 3.67. The van der Waals surface area contributed by atoms with Crippen LogP contribution in [0.1, 0.15) is 30.6 Å². The fourth-order valence-electron chi connectivity index (χ4n) is 2.35. The zero-order valence-corrected chi connectivity index (χ0v) is 11.5. The van der Waals surface area contributed by atoms with E-state index >= 15 is 0 Å². The molecular formula is C14H21N3O2. The molecule has 1 fully saturated rings. The van der Waals surface area contributed by atoms with Crippen molar-refractivity contribution in [3.63, 3.8) is 0 Å². The summed E-state index contributed by atoms with van der Waals surface area (Å²) in [6.45, 7) is 7.05. The first-order valence-corrected chi connectivity index (χ1v) is 6.74. The maximum atomic E-state index is 10.7. The highest BCUT2D eigenvalue weighted by atomic mass is 16.3. The standard InChI is InChI=1S/C14H21N3O2/c1-3-13(19)12-9-15-14(8-11(12)2)17-6-4-16(10-18)5-7-17/h8-10,13,19H,3-7H2,1-2H3/t13-/m0/s1. The smallest absolute Gasteiger partial charge is 0.209 e. The van der Waals surface area contributed by atoms with Gasteiger partial charge in [-0.15, -0.1) is 0 Å². The number of aryl methyl sites for hydroxylation is 1. The molecule has 1 atom stereocenters. The van der Waals surface area contributed by atoms with E-state index in [1.54, 1.807) is 11.1 Å². The Hall–Kier alpha value is -1.62. The fraction of sp³-hybridized carbons (Fsp3) is 0.571. The number of amides is 1. The highest BCUT2D eigenvalue weighted by Crippen LogP contribution is 2.23. The summed E-state index contributed by atoms with van der Waals surface area (Å²) in [5.41, 5.74) is 1.97. The molecular weight excluding hydrogens is 242 g/mol. The lowest BCUT2D eigenvalue weighted by molar-refractivity contribution is -0.118. The number of aromatic nitrogens is 1. The van der Waals surface area contributed by atoms with Gasteiger partial charge in [-0.05, 0) is 25.0 Å². The van der Waals surface area contributed by atoms with E-state index in [-0.39, 0.29) is 0 Å². The first-order chi connectivity index (χ1) is 9.15. The van der Waals surface area contributed by atoms with E-state index in [4.69, 9.17) is 0 Å². The van der Waals surface area contributed by atoms with Gasteiger partial charge in [0.15, 0.2) is 0 Å². The van der Waals surface area contributed by atoms with E-state index in [0.29, 0.717) is 6.42 Å². The molecule has 1 N–H and O–H groups in total. The Kier molecular flexibility index (Phi) is 4.37. The molecule has 0 bridgehead atoms. The lowest BCUT2D eigenvalue weighted by atomic mass is 10.0. The summed E-state index contributed by atoms with van der Waals surface area (Å²) in [7, 11) is 0. The molecule has 0 aromatic carbocycles. The number of aliphatic hydroxyl groups is 1. The van der Waals surface area contributed by atoms with E-state index in [2.05, 4.69) is 9.88 Å². The molecule has 1 amide bonds. The topological polar surface area (TPSA) is 56.7 Å². The van der Waals surface area contributed by atoms with E-state index < -0.39 is 6.10 Å². The number of pyridine rings is 1. The Morgan fingerprint density at radius 2 is 2.11 bits per heavy atom. The van der Waals surface area contributed by atoms with E-state index in [1.165, 1.54) is 0 Å². The Morgan fingerprint density at radius 1 is 1.42 bits per heavy atom. The normalized spacial score (nSPS) is 17.4. The van der Waals surface area contributed by atoms with Crippen molar-refractivity contribution in [3.8, 4) is 0 Å². The van der Waals surface area contributed by atoms with Gasteiger partial charge in [0, 0.05) is 37.9 Å². The SMILES string of the molecule is CC[C@H](O)c1cnc(N2CCN(C=O)CC2)cc1C. The molecule has 1 aliphatic heterocycles. The number of carbonyl (C=O) groups excluding carboxylic acids is 1. The summed E-state index contributed by atoms with van der Waals surface area (Å²) >= 11 is 0. The average Bonchev–Trinajstić information content (AvgIpc) is 2.46. The van der Waals surface area contributed by atoms with Gasteiger partial charge in [0.2, 0.25) is 6.41 Å². The van der Waals surface area contributed by atoms with Crippen LogP contribution in [0.15, 0.2) is 12.3 Å². The molecule has 5 nitrogen and oxygen atoms in total. The second kappa shape index (κ2) is 6.02. The number of rotatable bonds is 4. The number of anilines is 1. The average molecular weight is 263 g/mol. The molecule has 2 heterocycles. The Labute approximate surface area is 113 Å². The molecule has 0 radical (unpaired) electrons. The van der Waals surface area contributed by atoms with Crippen LogP contribution in [0.2, 0.25) is 0 Å². The second-order valence-corrected chi connectivity index (χ2v) is 4.95. The maximum Gasteiger partial charge on any atom is 0.209 e. The van der Waals surface area contributed by atoms with E-state index in [9.17, 15) is 9.90 Å². The van der Waals surface area contributed by atoms with Gasteiger partial charge >= 0.3 is 0 Å². The number of hydrogen-bond donors (Lipinski definition) is 1. The zero-order valence-electron chi connectivity index (χ0n) is 11.5. The third-order valence-electron chi connectivity index (χ3n) is 3.67. The molecule has 1 aromatic rings. The van der Waals surface area contributed by atoms with Crippen LogP contribution in [-0.2, 0) is 4.79 Å². The van der Waals surface area contributed by atoms with E-state index in [1.807, 2.05) is 19.9 Å². The quantitative estimate of drug-likeness (QED) is 0.827. The first-order valence-electron chi connectivity index (χ1n) is 6.74. The van der Waals surface area contributed by atoms with Crippen molar-refractivity contribution in [2.75, 3.05) is 31.1 Å². The molecule has 104 valence electrons. The van der Waals surface area contributed by atoms with Crippen LogP contribution in [0.4, 0.5) is 5.82 Å². The van der Waals surface area contributed by atoms with Crippen LogP contribution >= 0.6 is 0 Å². The highest BCUT2D eigenvalue weighted by molar-refractivity contribution is 5.49. The van der Waals surface area contributed by atoms with E-state index in [0.717, 1.165) is 49.5 Å². The minimum atomic E-state index is -0.437. The fourth-order valence-corrected chi connectivity index (χ4v) is 2.35. The number of piperazine rings is 1. The van der Waals surface area contributed by atoms with Gasteiger partial charge in [0.05, 0.1) is 6.10 Å². The van der Waals surface area contributed by atoms with Crippen LogP contribution < -0.4 is 4.90 Å². The third kappa shape index (κ3) is 3.04. The lowest BCUT2D eigenvalue weighted by Gasteiger charge is -2.33. The summed E-state index contributed by atoms with van der Waals surface area (Å²) in [4.78, 5) is 19.1. The lowest BCUT2D eigenvalue weighted by Crippen LogP contribution is -2.46. The minimum absolute atomic E-state index is 0.437. The molecule has 1 saturated heterocycles. The summed E-state index contributed by atoms with van der Waals surface area (Å²) in [6, 6.07) is 2.02. The molecule has 2 rings (SSSR count). The van der Waals surface area contributed by atoms with Gasteiger partial charge in [-0.2, -0.15) is 0 Å². The minimum Gasteiger partial charge on any atom is -0.388 e. The molecule has 1 aromatic heterocycles. The molecule has 19 heavy (non-hydrogen) atoms. The summed E-state index contributed by atoms with van der Waals surface area (Å²) in [5, 5.41) is 9.88. The van der Waals surface area contributed by atoms with Crippen molar-refractivity contribution < 1.29 is 9.90 Å². The van der Waals surface area contributed by atoms with Gasteiger partial charge < -0.3 is 14.9 Å². The first kappa shape index (κ1) is 13.8. The monoisotopic (exact) mass is 263 g/mol. The van der Waals surface area contributed by atoms with Gasteiger partial charge in [-0.1, -0.05) is 6.92 Å². The predicted molar refractivity (Wildman–Crippen MR) is 74.1 cm³/mol. The van der Waals surface area contributed by atoms with Crippen LogP contribution in [0.25, 0.3) is 0 Å². The summed E-state index contributed by atoms with van der Waals surface area (Å²) < 4.78 is 0. The van der Waals surface area contributed by atoms with Crippen molar-refractivity contribution >= 4 is 12.2 Å². The number of hydrogen-bond acceptors (Lipinski definition) is 4. The zero-order chi connectivity index (χ0) is 13.8. The maximum absolute atomic E-state index is 10.7. The van der Waals surface area contributed by atoms with Crippen molar-refractivity contribution in [2.24, 2.45) is 0 Å². The summed E-state index contributed by atoms with van der Waals surface area (Å²) in [5.74, 6) is 0.926. The molecule has 0 aliphatic carbocycles. The number of nitrogens with zero attached hydrogens (tertiary/aromatic N) is 3. The van der Waals surface area contributed by atoms with Crippen molar-refractivity contribution in [1.82, 2.24) is 9.88 Å². The second-order valence-electron chi connectivity index (χ2n) is 4.95. The molecule has 5 heteroatoms. The largest absolute Gasteiger partial charge is 0.388 e. The predicted octanol–water partition coefficient (Wildman–Crippen LogP) is 1.11. The van der Waals surface area contributed by atoms with Crippen LogP contribution in [-0.4, -0.2) is 47.6 Å².